The second-order valence-corrected chi connectivity index (χ2v) is 6.14. The molecule has 7 heteroatoms. The highest BCUT2D eigenvalue weighted by Gasteiger charge is 2.16. The number of nitrogens with two attached hydrogens (primary N) is 2. The molecule has 0 saturated heterocycles. The van der Waals surface area contributed by atoms with Crippen LogP contribution >= 0.6 is 0 Å². The summed E-state index contributed by atoms with van der Waals surface area (Å²) in [5.41, 5.74) is 7.33. The molecule has 112 valence electrons. The third-order valence-corrected chi connectivity index (χ3v) is 4.02. The van der Waals surface area contributed by atoms with Crippen molar-refractivity contribution in [3.05, 3.63) is 47.8 Å². The maximum atomic E-state index is 11.5. The number of hydrogen-bond acceptors (Lipinski definition) is 5. The molecule has 0 spiro atoms. The second kappa shape index (κ2) is 6.11. The molecule has 1 aromatic carbocycles. The van der Waals surface area contributed by atoms with Gasteiger partial charge < -0.3 is 10.5 Å². The van der Waals surface area contributed by atoms with Gasteiger partial charge in [0.2, 0.25) is 10.0 Å². The lowest BCUT2D eigenvalue weighted by atomic mass is 10.2. The normalized spacial score (nSPS) is 11.3. The van der Waals surface area contributed by atoms with Crippen LogP contribution in [0.2, 0.25) is 0 Å². The van der Waals surface area contributed by atoms with Gasteiger partial charge in [0.1, 0.15) is 5.75 Å². The van der Waals surface area contributed by atoms with Crippen LogP contribution < -0.4 is 15.6 Å². The molecule has 0 unspecified atom stereocenters. The summed E-state index contributed by atoms with van der Waals surface area (Å²) in [6.07, 6.45) is 2.32. The number of anilines is 1. The summed E-state index contributed by atoms with van der Waals surface area (Å²) in [6, 6.07) is 8.54. The quantitative estimate of drug-likeness (QED) is 0.808. The zero-order chi connectivity index (χ0) is 15.5. The van der Waals surface area contributed by atoms with Crippen LogP contribution in [0.4, 0.5) is 5.69 Å². The Morgan fingerprint density at radius 3 is 2.67 bits per heavy atom. The third-order valence-electron chi connectivity index (χ3n) is 2.98. The van der Waals surface area contributed by atoms with E-state index in [2.05, 4.69) is 4.98 Å². The topological polar surface area (TPSA) is 108 Å². The zero-order valence-corrected chi connectivity index (χ0v) is 12.4. The van der Waals surface area contributed by atoms with E-state index in [0.717, 1.165) is 5.69 Å². The standard InChI is InChI=1S/C14H17N3O3S/c1-10-13(8-11(15)9-14(10)21(16,18)19)20-7-5-12-4-2-3-6-17-12/h2-4,6,8-9H,5,7,15H2,1H3,(H2,16,18,19). The minimum atomic E-state index is -3.83. The molecule has 0 fully saturated rings. The highest BCUT2D eigenvalue weighted by atomic mass is 32.2. The summed E-state index contributed by atoms with van der Waals surface area (Å²) in [5, 5.41) is 5.17. The molecule has 0 aliphatic carbocycles. The Morgan fingerprint density at radius 1 is 1.29 bits per heavy atom. The molecule has 0 aliphatic rings. The molecule has 0 aliphatic heterocycles. The Bertz CT molecular complexity index is 731. The molecule has 0 amide bonds. The molecule has 1 heterocycles. The number of benzene rings is 1. The van der Waals surface area contributed by atoms with Crippen molar-refractivity contribution in [1.82, 2.24) is 4.98 Å². The molecule has 4 N–H and O–H groups in total. The lowest BCUT2D eigenvalue weighted by molar-refractivity contribution is 0.317. The first-order valence-corrected chi connectivity index (χ1v) is 7.88. The van der Waals surface area contributed by atoms with E-state index in [1.807, 2.05) is 18.2 Å². The predicted octanol–water partition coefficient (Wildman–Crippen LogP) is 1.24. The van der Waals surface area contributed by atoms with Crippen LogP contribution in [-0.2, 0) is 16.4 Å². The van der Waals surface area contributed by atoms with Crippen LogP contribution in [0, 0.1) is 6.92 Å². The molecule has 0 bridgehead atoms. The fourth-order valence-corrected chi connectivity index (χ4v) is 2.77. The van der Waals surface area contributed by atoms with E-state index in [1.165, 1.54) is 6.07 Å². The van der Waals surface area contributed by atoms with Gasteiger partial charge >= 0.3 is 0 Å². The van der Waals surface area contributed by atoms with Crippen molar-refractivity contribution in [1.29, 1.82) is 0 Å². The highest BCUT2D eigenvalue weighted by Crippen LogP contribution is 2.28. The smallest absolute Gasteiger partial charge is 0.238 e. The van der Waals surface area contributed by atoms with E-state index >= 15 is 0 Å². The Hall–Kier alpha value is -2.12. The van der Waals surface area contributed by atoms with E-state index in [0.29, 0.717) is 24.3 Å². The van der Waals surface area contributed by atoms with Gasteiger partial charge in [-0.05, 0) is 25.1 Å². The summed E-state index contributed by atoms with van der Waals surface area (Å²) >= 11 is 0. The molecule has 2 aromatic rings. The summed E-state index contributed by atoms with van der Waals surface area (Å²) in [7, 11) is -3.83. The summed E-state index contributed by atoms with van der Waals surface area (Å²) in [4.78, 5) is 4.17. The van der Waals surface area contributed by atoms with Crippen molar-refractivity contribution in [2.24, 2.45) is 5.14 Å². The second-order valence-electron chi connectivity index (χ2n) is 4.61. The molecule has 0 atom stereocenters. The van der Waals surface area contributed by atoms with Crippen LogP contribution in [0.15, 0.2) is 41.4 Å². The van der Waals surface area contributed by atoms with Crippen molar-refractivity contribution in [3.63, 3.8) is 0 Å². The first kappa shape index (κ1) is 15.3. The number of pyridine rings is 1. The number of ether oxygens (including phenoxy) is 1. The zero-order valence-electron chi connectivity index (χ0n) is 11.6. The summed E-state index contributed by atoms with van der Waals surface area (Å²) in [6.45, 7) is 2.00. The number of sulfonamides is 1. The van der Waals surface area contributed by atoms with Crippen molar-refractivity contribution < 1.29 is 13.2 Å². The number of primary sulfonamides is 1. The number of nitrogens with zero attached hydrogens (tertiary/aromatic N) is 1. The van der Waals surface area contributed by atoms with Gasteiger partial charge in [0, 0.05) is 35.6 Å². The van der Waals surface area contributed by atoms with Gasteiger partial charge in [-0.3, -0.25) is 4.98 Å². The molecule has 0 radical (unpaired) electrons. The maximum Gasteiger partial charge on any atom is 0.238 e. The van der Waals surface area contributed by atoms with Gasteiger partial charge in [-0.25, -0.2) is 13.6 Å². The predicted molar refractivity (Wildman–Crippen MR) is 80.4 cm³/mol. The lowest BCUT2D eigenvalue weighted by Crippen LogP contribution is -2.15. The average Bonchev–Trinajstić information content (AvgIpc) is 2.42. The SMILES string of the molecule is Cc1c(OCCc2ccccn2)cc(N)cc1S(N)(=O)=O. The fourth-order valence-electron chi connectivity index (χ4n) is 1.94. The molecule has 1 aromatic heterocycles. The van der Waals surface area contributed by atoms with Gasteiger partial charge in [-0.1, -0.05) is 6.07 Å². The Morgan fingerprint density at radius 2 is 2.05 bits per heavy atom. The summed E-state index contributed by atoms with van der Waals surface area (Å²) in [5.74, 6) is 0.412. The van der Waals surface area contributed by atoms with Gasteiger partial charge in [0.15, 0.2) is 0 Å². The number of aromatic nitrogens is 1. The molecule has 6 nitrogen and oxygen atoms in total. The Kier molecular flexibility index (Phi) is 4.44. The van der Waals surface area contributed by atoms with Crippen LogP contribution in [0.3, 0.4) is 0 Å². The average molecular weight is 307 g/mol. The maximum absolute atomic E-state index is 11.5. The van der Waals surface area contributed by atoms with E-state index in [9.17, 15) is 8.42 Å². The minimum Gasteiger partial charge on any atom is -0.493 e. The van der Waals surface area contributed by atoms with Crippen molar-refractivity contribution in [2.45, 2.75) is 18.2 Å². The van der Waals surface area contributed by atoms with E-state index < -0.39 is 10.0 Å². The van der Waals surface area contributed by atoms with Crippen LogP contribution in [-0.4, -0.2) is 20.0 Å². The monoisotopic (exact) mass is 307 g/mol. The number of nitrogen functional groups attached to an aromatic ring is 1. The first-order chi connectivity index (χ1) is 9.88. The van der Waals surface area contributed by atoms with Crippen LogP contribution in [0.1, 0.15) is 11.3 Å². The van der Waals surface area contributed by atoms with Gasteiger partial charge in [-0.2, -0.15) is 0 Å². The number of hydrogen-bond donors (Lipinski definition) is 2. The van der Waals surface area contributed by atoms with E-state index in [1.54, 1.807) is 19.2 Å². The third kappa shape index (κ3) is 3.93. The van der Waals surface area contributed by atoms with E-state index in [-0.39, 0.29) is 10.6 Å². The van der Waals surface area contributed by atoms with Crippen molar-refractivity contribution >= 4 is 15.7 Å². The minimum absolute atomic E-state index is 0.0182. The van der Waals surface area contributed by atoms with Gasteiger partial charge in [0.05, 0.1) is 11.5 Å². The van der Waals surface area contributed by atoms with Gasteiger partial charge in [0.25, 0.3) is 0 Å². The highest BCUT2D eigenvalue weighted by molar-refractivity contribution is 7.89. The Balaban J connectivity index is 2.15. The van der Waals surface area contributed by atoms with E-state index in [4.69, 9.17) is 15.6 Å². The fraction of sp³-hybridized carbons (Fsp3) is 0.214. The van der Waals surface area contributed by atoms with Crippen LogP contribution in [0.5, 0.6) is 5.75 Å². The molecular weight excluding hydrogens is 290 g/mol. The number of rotatable bonds is 5. The largest absolute Gasteiger partial charge is 0.493 e. The molecular formula is C14H17N3O3S. The Labute approximate surface area is 123 Å². The van der Waals surface area contributed by atoms with Crippen molar-refractivity contribution in [3.8, 4) is 5.75 Å². The van der Waals surface area contributed by atoms with Crippen molar-refractivity contribution in [2.75, 3.05) is 12.3 Å². The molecule has 21 heavy (non-hydrogen) atoms. The first-order valence-electron chi connectivity index (χ1n) is 6.33. The molecule has 0 saturated carbocycles. The lowest BCUT2D eigenvalue weighted by Gasteiger charge is -2.13. The van der Waals surface area contributed by atoms with Crippen LogP contribution in [0.25, 0.3) is 0 Å². The molecule has 2 rings (SSSR count). The van der Waals surface area contributed by atoms with Gasteiger partial charge in [-0.15, -0.1) is 0 Å². The summed E-state index contributed by atoms with van der Waals surface area (Å²) < 4.78 is 28.6.